The normalized spacial score (nSPS) is 23.0. The van der Waals surface area contributed by atoms with Crippen molar-refractivity contribution in [2.24, 2.45) is 5.92 Å². The quantitative estimate of drug-likeness (QED) is 0.792. The number of nitrogens with zero attached hydrogens (tertiary/aromatic N) is 3. The predicted octanol–water partition coefficient (Wildman–Crippen LogP) is 0.337. The Balaban J connectivity index is 1.75. The van der Waals surface area contributed by atoms with Crippen molar-refractivity contribution in [2.75, 3.05) is 52.4 Å². The smallest absolute Gasteiger partial charge is 0.307 e. The highest BCUT2D eigenvalue weighted by atomic mass is 16.4. The Kier molecular flexibility index (Phi) is 5.99. The molecule has 21 heavy (non-hydrogen) atoms. The first-order chi connectivity index (χ1) is 10.1. The number of amides is 1. The number of rotatable bonds is 5. The lowest BCUT2D eigenvalue weighted by Crippen LogP contribution is -2.41. The first-order valence-corrected chi connectivity index (χ1v) is 8.01. The van der Waals surface area contributed by atoms with Gasteiger partial charge in [-0.3, -0.25) is 14.5 Å². The van der Waals surface area contributed by atoms with E-state index in [1.165, 1.54) is 0 Å². The maximum absolute atomic E-state index is 12.2. The van der Waals surface area contributed by atoms with E-state index >= 15 is 0 Å². The van der Waals surface area contributed by atoms with Crippen LogP contribution in [-0.4, -0.2) is 84.0 Å². The van der Waals surface area contributed by atoms with Crippen molar-refractivity contribution < 1.29 is 14.7 Å². The Hall–Kier alpha value is -1.14. The van der Waals surface area contributed by atoms with E-state index in [1.807, 2.05) is 4.90 Å². The minimum absolute atomic E-state index is 0.250. The monoisotopic (exact) mass is 297 g/mol. The van der Waals surface area contributed by atoms with Gasteiger partial charge in [-0.2, -0.15) is 0 Å². The van der Waals surface area contributed by atoms with Crippen molar-refractivity contribution in [2.45, 2.75) is 26.2 Å². The van der Waals surface area contributed by atoms with Gasteiger partial charge < -0.3 is 14.9 Å². The van der Waals surface area contributed by atoms with Gasteiger partial charge >= 0.3 is 5.97 Å². The van der Waals surface area contributed by atoms with Crippen molar-refractivity contribution >= 4 is 11.9 Å². The van der Waals surface area contributed by atoms with Gasteiger partial charge in [0.25, 0.3) is 0 Å². The topological polar surface area (TPSA) is 64.1 Å². The van der Waals surface area contributed by atoms with Crippen molar-refractivity contribution in [1.82, 2.24) is 14.7 Å². The molecule has 1 N–H and O–H groups in total. The summed E-state index contributed by atoms with van der Waals surface area (Å²) in [6.45, 7) is 8.25. The number of aliphatic carboxylic acids is 1. The molecule has 2 aliphatic rings. The molecule has 0 aliphatic carbocycles. The molecule has 0 saturated carbocycles. The summed E-state index contributed by atoms with van der Waals surface area (Å²) >= 11 is 0. The average Bonchev–Trinajstić information content (AvgIpc) is 2.89. The van der Waals surface area contributed by atoms with Gasteiger partial charge in [0.1, 0.15) is 0 Å². The van der Waals surface area contributed by atoms with Gasteiger partial charge in [-0.15, -0.1) is 0 Å². The molecule has 0 aromatic rings. The van der Waals surface area contributed by atoms with E-state index in [9.17, 15) is 9.59 Å². The molecule has 6 heteroatoms. The molecule has 0 aromatic heterocycles. The molecule has 2 aliphatic heterocycles. The van der Waals surface area contributed by atoms with Gasteiger partial charge in [0.15, 0.2) is 0 Å². The zero-order chi connectivity index (χ0) is 15.2. The van der Waals surface area contributed by atoms with Gasteiger partial charge in [0.05, 0.1) is 12.5 Å². The molecule has 0 bridgehead atoms. The highest BCUT2D eigenvalue weighted by Gasteiger charge is 2.23. The molecule has 0 radical (unpaired) electrons. The summed E-state index contributed by atoms with van der Waals surface area (Å²) in [5, 5.41) is 8.99. The van der Waals surface area contributed by atoms with E-state index in [4.69, 9.17) is 5.11 Å². The Labute approximate surface area is 126 Å². The van der Waals surface area contributed by atoms with Gasteiger partial charge in [-0.25, -0.2) is 0 Å². The number of carbonyl (C=O) groups excluding carboxylic acids is 1. The summed E-state index contributed by atoms with van der Waals surface area (Å²) in [4.78, 5) is 29.5. The molecule has 0 spiro atoms. The van der Waals surface area contributed by atoms with Gasteiger partial charge in [-0.1, -0.05) is 6.92 Å². The SMILES string of the molecule is CC(CN1CCCN(CC(=O)N2CCCC2)CC1)C(=O)O. The lowest BCUT2D eigenvalue weighted by atomic mass is 10.1. The fourth-order valence-electron chi connectivity index (χ4n) is 3.09. The second-order valence-corrected chi connectivity index (χ2v) is 6.26. The molecule has 120 valence electrons. The van der Waals surface area contributed by atoms with Crippen molar-refractivity contribution in [3.63, 3.8) is 0 Å². The number of carbonyl (C=O) groups is 2. The Morgan fingerprint density at radius 3 is 2.24 bits per heavy atom. The van der Waals surface area contributed by atoms with Crippen molar-refractivity contribution in [3.05, 3.63) is 0 Å². The summed E-state index contributed by atoms with van der Waals surface area (Å²) in [5.74, 6) is -0.817. The summed E-state index contributed by atoms with van der Waals surface area (Å²) in [7, 11) is 0. The first kappa shape index (κ1) is 16.2. The molecule has 2 fully saturated rings. The largest absolute Gasteiger partial charge is 0.481 e. The van der Waals surface area contributed by atoms with E-state index in [2.05, 4.69) is 9.80 Å². The number of likely N-dealkylation sites (tertiary alicyclic amines) is 1. The Morgan fingerprint density at radius 1 is 0.952 bits per heavy atom. The molecule has 2 heterocycles. The highest BCUT2D eigenvalue weighted by Crippen LogP contribution is 2.10. The van der Waals surface area contributed by atoms with Gasteiger partial charge in [0.2, 0.25) is 5.91 Å². The van der Waals surface area contributed by atoms with E-state index in [1.54, 1.807) is 6.92 Å². The zero-order valence-corrected chi connectivity index (χ0v) is 13.0. The third-order valence-electron chi connectivity index (χ3n) is 4.45. The third kappa shape index (κ3) is 4.97. The summed E-state index contributed by atoms with van der Waals surface area (Å²) in [6, 6.07) is 0. The lowest BCUT2D eigenvalue weighted by molar-refractivity contribution is -0.141. The van der Waals surface area contributed by atoms with Crippen LogP contribution in [0.5, 0.6) is 0 Å². The zero-order valence-electron chi connectivity index (χ0n) is 13.0. The van der Waals surface area contributed by atoms with Crippen LogP contribution in [0.1, 0.15) is 26.2 Å². The second-order valence-electron chi connectivity index (χ2n) is 6.26. The average molecular weight is 297 g/mol. The molecule has 2 rings (SSSR count). The van der Waals surface area contributed by atoms with Crippen LogP contribution in [0.15, 0.2) is 0 Å². The Bertz CT molecular complexity index is 369. The summed E-state index contributed by atoms with van der Waals surface area (Å²) in [6.07, 6.45) is 3.26. The molecule has 6 nitrogen and oxygen atoms in total. The molecule has 0 aromatic carbocycles. The minimum Gasteiger partial charge on any atom is -0.481 e. The lowest BCUT2D eigenvalue weighted by Gasteiger charge is -2.24. The standard InChI is InChI=1S/C15H27N3O3/c1-13(15(20)21)11-16-5-4-6-17(10-9-16)12-14(19)18-7-2-3-8-18/h13H,2-12H2,1H3,(H,20,21). The molecule has 2 saturated heterocycles. The van der Waals surface area contributed by atoms with Crippen LogP contribution in [0.3, 0.4) is 0 Å². The third-order valence-corrected chi connectivity index (χ3v) is 4.45. The number of hydrogen-bond donors (Lipinski definition) is 1. The first-order valence-electron chi connectivity index (χ1n) is 8.01. The van der Waals surface area contributed by atoms with Crippen molar-refractivity contribution in [1.29, 1.82) is 0 Å². The number of carboxylic acid groups (broad SMARTS) is 1. The maximum atomic E-state index is 12.2. The van der Waals surface area contributed by atoms with Crippen LogP contribution in [-0.2, 0) is 9.59 Å². The summed E-state index contributed by atoms with van der Waals surface area (Å²) < 4.78 is 0. The molecule has 1 unspecified atom stereocenters. The fraction of sp³-hybridized carbons (Fsp3) is 0.867. The number of hydrogen-bond acceptors (Lipinski definition) is 4. The molecular weight excluding hydrogens is 270 g/mol. The molecule has 1 amide bonds. The van der Waals surface area contributed by atoms with Crippen LogP contribution < -0.4 is 0 Å². The van der Waals surface area contributed by atoms with Crippen LogP contribution >= 0.6 is 0 Å². The molecule has 1 atom stereocenters. The summed E-state index contributed by atoms with van der Waals surface area (Å²) in [5.41, 5.74) is 0. The fourth-order valence-corrected chi connectivity index (χ4v) is 3.09. The molecular formula is C15H27N3O3. The second kappa shape index (κ2) is 7.75. The van der Waals surface area contributed by atoms with E-state index < -0.39 is 5.97 Å². The highest BCUT2D eigenvalue weighted by molar-refractivity contribution is 5.78. The van der Waals surface area contributed by atoms with Crippen LogP contribution in [0.2, 0.25) is 0 Å². The predicted molar refractivity (Wildman–Crippen MR) is 80.1 cm³/mol. The van der Waals surface area contributed by atoms with E-state index in [0.29, 0.717) is 13.1 Å². The Morgan fingerprint density at radius 2 is 1.57 bits per heavy atom. The van der Waals surface area contributed by atoms with Crippen LogP contribution in [0.25, 0.3) is 0 Å². The van der Waals surface area contributed by atoms with Gasteiger partial charge in [0, 0.05) is 32.7 Å². The van der Waals surface area contributed by atoms with Crippen molar-refractivity contribution in [3.8, 4) is 0 Å². The minimum atomic E-state index is -0.736. The maximum Gasteiger partial charge on any atom is 0.307 e. The van der Waals surface area contributed by atoms with Crippen LogP contribution in [0.4, 0.5) is 0 Å². The van der Waals surface area contributed by atoms with Gasteiger partial charge in [-0.05, 0) is 32.4 Å². The van der Waals surface area contributed by atoms with E-state index in [0.717, 1.165) is 58.5 Å². The number of carboxylic acids is 1. The van der Waals surface area contributed by atoms with E-state index in [-0.39, 0.29) is 11.8 Å². The van der Waals surface area contributed by atoms with Crippen LogP contribution in [0, 0.1) is 5.92 Å².